The summed E-state index contributed by atoms with van der Waals surface area (Å²) in [6.07, 6.45) is 10.9. The van der Waals surface area contributed by atoms with Crippen molar-refractivity contribution in [2.24, 2.45) is 10.4 Å². The number of pyridine rings is 2. The first-order valence-corrected chi connectivity index (χ1v) is 14.5. The number of thiol groups is 1. The molecule has 8 heteroatoms. The van der Waals surface area contributed by atoms with E-state index in [0.717, 1.165) is 39.9 Å². The van der Waals surface area contributed by atoms with Gasteiger partial charge in [0.15, 0.2) is 0 Å². The lowest BCUT2D eigenvalue weighted by Gasteiger charge is -2.25. The van der Waals surface area contributed by atoms with E-state index in [-0.39, 0.29) is 22.3 Å². The minimum absolute atomic E-state index is 0.0116. The van der Waals surface area contributed by atoms with Crippen molar-refractivity contribution in [2.45, 2.75) is 79.2 Å². The van der Waals surface area contributed by atoms with E-state index >= 15 is 0 Å². The molecule has 202 valence electrons. The van der Waals surface area contributed by atoms with Gasteiger partial charge in [-0.05, 0) is 56.3 Å². The van der Waals surface area contributed by atoms with Gasteiger partial charge in [0, 0.05) is 6.20 Å². The number of allylic oxidation sites excluding steroid dienone is 1. The molecule has 0 N–H and O–H groups in total. The molecule has 2 aliphatic heterocycles. The summed E-state index contributed by atoms with van der Waals surface area (Å²) in [5.74, 6) is 0.786. The Morgan fingerprint density at radius 2 is 1.56 bits per heavy atom. The van der Waals surface area contributed by atoms with Crippen LogP contribution in [0.15, 0.2) is 53.4 Å². The molecule has 39 heavy (non-hydrogen) atoms. The summed E-state index contributed by atoms with van der Waals surface area (Å²) < 4.78 is 6.56. The Morgan fingerprint density at radius 3 is 2.26 bits per heavy atom. The zero-order chi connectivity index (χ0) is 27.9. The highest BCUT2D eigenvalue weighted by molar-refractivity contribution is 8.11. The van der Waals surface area contributed by atoms with E-state index in [9.17, 15) is 0 Å². The Hall–Kier alpha value is -3.39. The number of nitrogens with zero attached hydrogens (tertiary/aromatic N) is 7. The van der Waals surface area contributed by atoms with Gasteiger partial charge in [0.2, 0.25) is 5.65 Å². The number of hydrogen-bond acceptors (Lipinski definition) is 4. The van der Waals surface area contributed by atoms with Crippen molar-refractivity contribution in [2.75, 3.05) is 0 Å². The number of aliphatic imine (C=N–C) groups is 1. The van der Waals surface area contributed by atoms with Crippen molar-refractivity contribution >= 4 is 45.3 Å². The highest BCUT2D eigenvalue weighted by Crippen LogP contribution is 2.35. The summed E-state index contributed by atoms with van der Waals surface area (Å²) >= 11 is 1.09. The van der Waals surface area contributed by atoms with Crippen molar-refractivity contribution in [3.05, 3.63) is 59.6 Å². The molecule has 4 aromatic rings. The lowest BCUT2D eigenvalue weighted by molar-refractivity contribution is -0.311. The van der Waals surface area contributed by atoms with E-state index in [1.807, 2.05) is 11.7 Å². The van der Waals surface area contributed by atoms with Gasteiger partial charge < -0.3 is 0 Å². The summed E-state index contributed by atoms with van der Waals surface area (Å²) in [6.45, 7) is 20.2. The number of hydrogen-bond donors (Lipinski definition) is 1. The monoisotopic (exact) mass is 540 g/mol. The second-order valence-electron chi connectivity index (χ2n) is 13.7. The summed E-state index contributed by atoms with van der Waals surface area (Å²) in [7, 11) is 0. The molecule has 2 aliphatic rings. The molecule has 0 radical (unpaired) electrons. The molecule has 6 heterocycles. The lowest BCUT2D eigenvalue weighted by atomic mass is 9.85. The Labute approximate surface area is 234 Å². The Balaban J connectivity index is 1.62. The van der Waals surface area contributed by atoms with Gasteiger partial charge in [-0.1, -0.05) is 68.4 Å². The number of rotatable bonds is 2. The molecule has 0 amide bonds. The van der Waals surface area contributed by atoms with Crippen LogP contribution in [0.25, 0.3) is 22.6 Å². The van der Waals surface area contributed by atoms with Crippen LogP contribution in [0.5, 0.6) is 0 Å². The molecule has 0 aliphatic carbocycles. The Bertz CT molecular complexity index is 1760. The highest BCUT2D eigenvalue weighted by Gasteiger charge is 2.35. The maximum absolute atomic E-state index is 4.80. The second kappa shape index (κ2) is 8.55. The molecule has 4 aromatic heterocycles. The van der Waals surface area contributed by atoms with Gasteiger partial charge in [0.05, 0.1) is 40.5 Å². The SMILES string of the molecule is CC(C)(C)C1=CC2N=C[SH]=C2[N+](c2nnc3c(-c4cnc5ccc(C(C)(C)C)cn45)cc(C(C)(C)C)cn23)=C1. The third-order valence-electron chi connectivity index (χ3n) is 7.62. The molecule has 0 spiro atoms. The van der Waals surface area contributed by atoms with Crippen LogP contribution in [0.1, 0.15) is 73.4 Å². The molecular weight excluding hydrogens is 502 g/mol. The van der Waals surface area contributed by atoms with Crippen molar-refractivity contribution in [1.82, 2.24) is 24.0 Å². The van der Waals surface area contributed by atoms with Gasteiger partial charge in [0.25, 0.3) is 0 Å². The molecular formula is C31H38N7S+. The first-order valence-electron chi connectivity index (χ1n) is 13.5. The number of imidazole rings is 1. The second-order valence-corrected chi connectivity index (χ2v) is 14.6. The normalized spacial score (nSPS) is 18.2. The van der Waals surface area contributed by atoms with E-state index in [4.69, 9.17) is 20.2 Å². The van der Waals surface area contributed by atoms with Crippen LogP contribution in [0, 0.1) is 5.41 Å². The predicted molar refractivity (Wildman–Crippen MR) is 164 cm³/mol. The first-order chi connectivity index (χ1) is 18.2. The van der Waals surface area contributed by atoms with Crippen LogP contribution < -0.4 is 0 Å². The summed E-state index contributed by atoms with van der Waals surface area (Å²) in [5, 5.41) is 9.58. The summed E-state index contributed by atoms with van der Waals surface area (Å²) in [6, 6.07) is 6.56. The van der Waals surface area contributed by atoms with Crippen molar-refractivity contribution in [1.29, 1.82) is 0 Å². The van der Waals surface area contributed by atoms with E-state index in [1.54, 1.807) is 0 Å². The zero-order valence-electron chi connectivity index (χ0n) is 24.4. The van der Waals surface area contributed by atoms with Crippen molar-refractivity contribution in [3.63, 3.8) is 0 Å². The standard InChI is InChI=1S/C31H38N7S/c1-29(2,3)19-10-11-25-32-14-24(36(25)15-19)22-12-20(30(4,5)6)16-37-26(22)34-35-28(37)38-17-21(31(7,8)9)13-23-27(38)39-18-33-23/h10-18,23,39H,1-9H3/q+1. The van der Waals surface area contributed by atoms with E-state index in [0.29, 0.717) is 0 Å². The minimum Gasteiger partial charge on any atom is -0.299 e. The topological polar surface area (TPSA) is 62.9 Å². The van der Waals surface area contributed by atoms with Crippen LogP contribution in [-0.2, 0) is 10.8 Å². The van der Waals surface area contributed by atoms with E-state index in [2.05, 4.69) is 119 Å². The fraction of sp³-hybridized carbons (Fsp3) is 0.419. The highest BCUT2D eigenvalue weighted by atomic mass is 32.1. The number of aromatic nitrogens is 5. The molecule has 0 saturated carbocycles. The molecule has 6 rings (SSSR count). The molecule has 1 atom stereocenters. The third-order valence-corrected chi connectivity index (χ3v) is 8.61. The number of fused-ring (bicyclic) bond motifs is 3. The van der Waals surface area contributed by atoms with Gasteiger partial charge in [-0.15, -0.1) is 11.4 Å². The fourth-order valence-electron chi connectivity index (χ4n) is 5.02. The van der Waals surface area contributed by atoms with Crippen molar-refractivity contribution < 1.29 is 4.58 Å². The average molecular weight is 541 g/mol. The van der Waals surface area contributed by atoms with E-state index < -0.39 is 0 Å². The van der Waals surface area contributed by atoms with Crippen LogP contribution in [0.3, 0.4) is 0 Å². The Morgan fingerprint density at radius 1 is 0.846 bits per heavy atom. The molecule has 1 unspecified atom stereocenters. The lowest BCUT2D eigenvalue weighted by Crippen LogP contribution is -2.33. The quantitative estimate of drug-likeness (QED) is 0.183. The first kappa shape index (κ1) is 25.9. The fourth-order valence-corrected chi connectivity index (χ4v) is 5.91. The van der Waals surface area contributed by atoms with Gasteiger partial charge in [-0.2, -0.15) is 8.98 Å². The van der Waals surface area contributed by atoms with Crippen LogP contribution in [0.4, 0.5) is 5.95 Å². The summed E-state index contributed by atoms with van der Waals surface area (Å²) in [5.41, 5.74) is 9.40. The average Bonchev–Trinajstić information content (AvgIpc) is 3.58. The summed E-state index contributed by atoms with van der Waals surface area (Å²) in [4.78, 5) is 10.7. The van der Waals surface area contributed by atoms with Gasteiger partial charge in [0.1, 0.15) is 16.7 Å². The predicted octanol–water partition coefficient (Wildman–Crippen LogP) is 6.35. The largest absolute Gasteiger partial charge is 0.433 e. The molecule has 0 fully saturated rings. The van der Waals surface area contributed by atoms with Crippen LogP contribution in [0.2, 0.25) is 0 Å². The van der Waals surface area contributed by atoms with Gasteiger partial charge in [-0.3, -0.25) is 9.39 Å². The Kier molecular flexibility index (Phi) is 5.67. The molecule has 7 nitrogen and oxygen atoms in total. The smallest absolute Gasteiger partial charge is 0.299 e. The molecule has 0 saturated heterocycles. The van der Waals surface area contributed by atoms with E-state index in [1.165, 1.54) is 21.7 Å². The van der Waals surface area contributed by atoms with Crippen LogP contribution in [-0.4, -0.2) is 51.3 Å². The minimum atomic E-state index is -0.0754. The van der Waals surface area contributed by atoms with Crippen molar-refractivity contribution in [3.8, 4) is 11.3 Å². The van der Waals surface area contributed by atoms with Gasteiger partial charge in [-0.25, -0.2) is 4.98 Å². The zero-order valence-corrected chi connectivity index (χ0v) is 25.2. The molecule has 0 aromatic carbocycles. The van der Waals surface area contributed by atoms with Crippen LogP contribution >= 0.6 is 11.4 Å². The van der Waals surface area contributed by atoms with Gasteiger partial charge >= 0.3 is 5.95 Å². The molecule has 0 bridgehead atoms. The maximum Gasteiger partial charge on any atom is 0.433 e. The third kappa shape index (κ3) is 4.39. The maximum atomic E-state index is 4.80.